The van der Waals surface area contributed by atoms with Crippen molar-refractivity contribution in [1.29, 1.82) is 0 Å². The van der Waals surface area contributed by atoms with Gasteiger partial charge in [-0.25, -0.2) is 12.7 Å². The van der Waals surface area contributed by atoms with E-state index in [1.54, 1.807) is 11.4 Å². The highest BCUT2D eigenvalue weighted by atomic mass is 32.2. The van der Waals surface area contributed by atoms with Crippen LogP contribution in [-0.4, -0.2) is 44.2 Å². The summed E-state index contributed by atoms with van der Waals surface area (Å²) in [6.07, 6.45) is 1.72. The van der Waals surface area contributed by atoms with Crippen LogP contribution in [0, 0.1) is 5.41 Å². The van der Waals surface area contributed by atoms with Gasteiger partial charge in [-0.05, 0) is 31.7 Å². The number of nitrogens with zero attached hydrogens (tertiary/aromatic N) is 1. The van der Waals surface area contributed by atoms with Gasteiger partial charge in [0.25, 0.3) is 0 Å². The smallest absolute Gasteiger partial charge is 0.218 e. The van der Waals surface area contributed by atoms with Crippen molar-refractivity contribution >= 4 is 10.0 Å². The second-order valence-electron chi connectivity index (χ2n) is 6.07. The first-order chi connectivity index (χ1) is 7.67. The molecule has 0 aliphatic carbocycles. The average Bonchev–Trinajstić information content (AvgIpc) is 2.27. The molecule has 0 amide bonds. The van der Waals surface area contributed by atoms with Crippen molar-refractivity contribution in [3.63, 3.8) is 0 Å². The summed E-state index contributed by atoms with van der Waals surface area (Å²) in [7, 11) is -1.47. The SMILES string of the molecule is CC(N(C)S(=O)(=O)C1CCCNC1)C(C)(C)C. The number of nitrogens with one attached hydrogen (secondary N) is 1. The fourth-order valence-corrected chi connectivity index (χ4v) is 4.10. The number of piperidine rings is 1. The van der Waals surface area contributed by atoms with Crippen LogP contribution in [0.5, 0.6) is 0 Å². The van der Waals surface area contributed by atoms with Crippen LogP contribution in [0.15, 0.2) is 0 Å². The van der Waals surface area contributed by atoms with E-state index < -0.39 is 10.0 Å². The number of rotatable bonds is 3. The molecule has 5 heteroatoms. The van der Waals surface area contributed by atoms with Crippen molar-refractivity contribution in [3.8, 4) is 0 Å². The Labute approximate surface area is 106 Å². The van der Waals surface area contributed by atoms with E-state index in [-0.39, 0.29) is 16.7 Å². The third-order valence-corrected chi connectivity index (χ3v) is 6.24. The van der Waals surface area contributed by atoms with E-state index in [1.807, 2.05) is 6.92 Å². The summed E-state index contributed by atoms with van der Waals surface area (Å²) in [5, 5.41) is 2.91. The molecule has 1 aliphatic heterocycles. The van der Waals surface area contributed by atoms with E-state index in [4.69, 9.17) is 0 Å². The quantitative estimate of drug-likeness (QED) is 0.837. The fourth-order valence-electron chi connectivity index (χ4n) is 2.08. The molecule has 2 atom stereocenters. The van der Waals surface area contributed by atoms with Crippen molar-refractivity contribution in [2.45, 2.75) is 51.8 Å². The van der Waals surface area contributed by atoms with Gasteiger partial charge in [0.2, 0.25) is 10.0 Å². The molecule has 0 bridgehead atoms. The van der Waals surface area contributed by atoms with Crippen LogP contribution in [0.4, 0.5) is 0 Å². The zero-order chi connectivity index (χ0) is 13.3. The molecular formula is C12H26N2O2S. The third kappa shape index (κ3) is 3.42. The Morgan fingerprint density at radius 1 is 1.35 bits per heavy atom. The zero-order valence-corrected chi connectivity index (χ0v) is 12.5. The molecule has 4 nitrogen and oxygen atoms in total. The molecule has 1 heterocycles. The van der Waals surface area contributed by atoms with Crippen molar-refractivity contribution in [3.05, 3.63) is 0 Å². The summed E-state index contributed by atoms with van der Waals surface area (Å²) in [5.41, 5.74) is -0.0378. The van der Waals surface area contributed by atoms with E-state index >= 15 is 0 Å². The molecule has 0 aromatic carbocycles. The second kappa shape index (κ2) is 5.24. The van der Waals surface area contributed by atoms with Crippen LogP contribution in [0.3, 0.4) is 0 Å². The van der Waals surface area contributed by atoms with Crippen LogP contribution in [-0.2, 0) is 10.0 Å². The molecule has 1 aliphatic rings. The van der Waals surface area contributed by atoms with Crippen LogP contribution >= 0.6 is 0 Å². The molecule has 0 spiro atoms. The van der Waals surface area contributed by atoms with Crippen molar-refractivity contribution in [1.82, 2.24) is 9.62 Å². The van der Waals surface area contributed by atoms with E-state index in [0.717, 1.165) is 19.4 Å². The molecule has 17 heavy (non-hydrogen) atoms. The lowest BCUT2D eigenvalue weighted by Crippen LogP contribution is -2.50. The van der Waals surface area contributed by atoms with Gasteiger partial charge >= 0.3 is 0 Å². The van der Waals surface area contributed by atoms with Gasteiger partial charge in [-0.2, -0.15) is 0 Å². The zero-order valence-electron chi connectivity index (χ0n) is 11.7. The monoisotopic (exact) mass is 262 g/mol. The number of sulfonamides is 1. The Morgan fingerprint density at radius 3 is 2.35 bits per heavy atom. The molecule has 0 radical (unpaired) electrons. The largest absolute Gasteiger partial charge is 0.315 e. The van der Waals surface area contributed by atoms with E-state index in [2.05, 4.69) is 26.1 Å². The fraction of sp³-hybridized carbons (Fsp3) is 1.00. The highest BCUT2D eigenvalue weighted by molar-refractivity contribution is 7.89. The molecule has 0 aromatic heterocycles. The first kappa shape index (κ1) is 14.9. The first-order valence-electron chi connectivity index (χ1n) is 6.35. The summed E-state index contributed by atoms with van der Waals surface area (Å²) < 4.78 is 26.5. The second-order valence-corrected chi connectivity index (χ2v) is 8.34. The highest BCUT2D eigenvalue weighted by Crippen LogP contribution is 2.27. The molecular weight excluding hydrogens is 236 g/mol. The Hall–Kier alpha value is -0.130. The molecule has 0 saturated carbocycles. The summed E-state index contributed by atoms with van der Waals surface area (Å²) >= 11 is 0. The van der Waals surface area contributed by atoms with Gasteiger partial charge < -0.3 is 5.32 Å². The standard InChI is InChI=1S/C12H26N2O2S/c1-10(12(2,3)4)14(5)17(15,16)11-7-6-8-13-9-11/h10-11,13H,6-9H2,1-5H3. The van der Waals surface area contributed by atoms with Gasteiger partial charge in [0, 0.05) is 19.6 Å². The van der Waals surface area contributed by atoms with Gasteiger partial charge in [0.1, 0.15) is 0 Å². The Balaban J connectivity index is 2.82. The summed E-state index contributed by atoms with van der Waals surface area (Å²) in [5.74, 6) is 0. The minimum absolute atomic E-state index is 0.00873. The molecule has 1 N–H and O–H groups in total. The summed E-state index contributed by atoms with van der Waals surface area (Å²) in [4.78, 5) is 0. The summed E-state index contributed by atoms with van der Waals surface area (Å²) in [6.45, 7) is 9.72. The van der Waals surface area contributed by atoms with Crippen LogP contribution in [0.25, 0.3) is 0 Å². The molecule has 1 fully saturated rings. The Kier molecular flexibility index (Phi) is 4.60. The maximum atomic E-state index is 12.5. The van der Waals surface area contributed by atoms with E-state index in [1.165, 1.54) is 0 Å². The number of hydrogen-bond acceptors (Lipinski definition) is 3. The minimum atomic E-state index is -3.17. The van der Waals surface area contributed by atoms with Crippen LogP contribution in [0.2, 0.25) is 0 Å². The lowest BCUT2D eigenvalue weighted by molar-refractivity contribution is 0.214. The van der Waals surface area contributed by atoms with E-state index in [0.29, 0.717) is 6.54 Å². The lowest BCUT2D eigenvalue weighted by Gasteiger charge is -2.37. The lowest BCUT2D eigenvalue weighted by atomic mass is 9.88. The first-order valence-corrected chi connectivity index (χ1v) is 7.85. The van der Waals surface area contributed by atoms with Crippen molar-refractivity contribution in [2.24, 2.45) is 5.41 Å². The van der Waals surface area contributed by atoms with Gasteiger partial charge in [0.15, 0.2) is 0 Å². The van der Waals surface area contributed by atoms with E-state index in [9.17, 15) is 8.42 Å². The predicted molar refractivity (Wildman–Crippen MR) is 71.5 cm³/mol. The number of hydrogen-bond donors (Lipinski definition) is 1. The maximum Gasteiger partial charge on any atom is 0.218 e. The molecule has 102 valence electrons. The van der Waals surface area contributed by atoms with Crippen molar-refractivity contribution in [2.75, 3.05) is 20.1 Å². The topological polar surface area (TPSA) is 49.4 Å². The molecule has 2 unspecified atom stereocenters. The maximum absolute atomic E-state index is 12.5. The van der Waals surface area contributed by atoms with Crippen LogP contribution in [0.1, 0.15) is 40.5 Å². The predicted octanol–water partition coefficient (Wildman–Crippen LogP) is 1.43. The third-order valence-electron chi connectivity index (χ3n) is 3.87. The minimum Gasteiger partial charge on any atom is -0.315 e. The Bertz CT molecular complexity index is 340. The molecule has 1 saturated heterocycles. The molecule has 1 rings (SSSR count). The van der Waals surface area contributed by atoms with Gasteiger partial charge in [-0.3, -0.25) is 0 Å². The highest BCUT2D eigenvalue weighted by Gasteiger charge is 2.36. The van der Waals surface area contributed by atoms with Crippen LogP contribution < -0.4 is 5.32 Å². The summed E-state index contributed by atoms with van der Waals surface area (Å²) in [6, 6.07) is 0.00873. The van der Waals surface area contributed by atoms with Gasteiger partial charge in [0.05, 0.1) is 5.25 Å². The normalized spacial score (nSPS) is 24.9. The Morgan fingerprint density at radius 2 is 1.94 bits per heavy atom. The molecule has 0 aromatic rings. The average molecular weight is 262 g/mol. The van der Waals surface area contributed by atoms with Gasteiger partial charge in [-0.1, -0.05) is 20.8 Å². The van der Waals surface area contributed by atoms with Gasteiger partial charge in [-0.15, -0.1) is 0 Å². The van der Waals surface area contributed by atoms with Crippen molar-refractivity contribution < 1.29 is 8.42 Å².